The quantitative estimate of drug-likeness (QED) is 0.412. The predicted octanol–water partition coefficient (Wildman–Crippen LogP) is 4.27. The third kappa shape index (κ3) is 5.39. The van der Waals surface area contributed by atoms with E-state index in [1.165, 1.54) is 6.07 Å². The van der Waals surface area contributed by atoms with Crippen LogP contribution in [0, 0.1) is 18.7 Å². The standard InChI is InChI=1S/C28H32FN3O4/c1-18-22(6-5-7-25(18)29)27-23(26-9-8-20(35-3)15-31-26)16-32(10-11-34-2)17-24(27)28(33)19-12-21(36-4)14-30-13-19/h5-9,12-15,23-24,27H,10-11,16-17H2,1-4H3/t23-,24-,27?/m0/s1. The number of ether oxygens (including phenoxy) is 3. The lowest BCUT2D eigenvalue weighted by Crippen LogP contribution is -2.48. The Morgan fingerprint density at radius 3 is 2.56 bits per heavy atom. The van der Waals surface area contributed by atoms with E-state index in [1.807, 2.05) is 18.2 Å². The third-order valence-electron chi connectivity index (χ3n) is 7.00. The number of carbonyl (C=O) groups excluding carboxylic acids is 1. The highest BCUT2D eigenvalue weighted by Crippen LogP contribution is 2.45. The Morgan fingerprint density at radius 2 is 1.86 bits per heavy atom. The monoisotopic (exact) mass is 493 g/mol. The number of rotatable bonds is 9. The first-order valence-electron chi connectivity index (χ1n) is 12.0. The van der Waals surface area contributed by atoms with Gasteiger partial charge < -0.3 is 14.2 Å². The molecule has 0 bridgehead atoms. The number of methoxy groups -OCH3 is 3. The van der Waals surface area contributed by atoms with Gasteiger partial charge in [0.2, 0.25) is 0 Å². The fourth-order valence-corrected chi connectivity index (χ4v) is 5.09. The van der Waals surface area contributed by atoms with Gasteiger partial charge in [-0.25, -0.2) is 4.39 Å². The Hall–Kier alpha value is -3.36. The summed E-state index contributed by atoms with van der Waals surface area (Å²) in [5.74, 6) is -0.0904. The number of aromatic nitrogens is 2. The van der Waals surface area contributed by atoms with Crippen LogP contribution in [0.5, 0.6) is 11.5 Å². The van der Waals surface area contributed by atoms with Gasteiger partial charge in [0.05, 0.1) is 33.2 Å². The van der Waals surface area contributed by atoms with Crippen LogP contribution in [-0.4, -0.2) is 68.2 Å². The lowest BCUT2D eigenvalue weighted by atomic mass is 9.69. The number of carbonyl (C=O) groups is 1. The lowest BCUT2D eigenvalue weighted by molar-refractivity contribution is 0.0660. The number of Topliss-reactive ketones (excluding diaryl/α,β-unsaturated/α-hetero) is 1. The molecule has 1 unspecified atom stereocenters. The lowest BCUT2D eigenvalue weighted by Gasteiger charge is -2.44. The van der Waals surface area contributed by atoms with Crippen LogP contribution in [0.25, 0.3) is 0 Å². The molecule has 0 radical (unpaired) electrons. The van der Waals surface area contributed by atoms with Crippen molar-refractivity contribution in [2.75, 3.05) is 47.6 Å². The summed E-state index contributed by atoms with van der Waals surface area (Å²) < 4.78 is 30.7. The molecule has 0 saturated carbocycles. The second-order valence-corrected chi connectivity index (χ2v) is 9.05. The molecular formula is C28H32FN3O4. The van der Waals surface area contributed by atoms with Crippen LogP contribution in [0.15, 0.2) is 55.0 Å². The van der Waals surface area contributed by atoms with Crippen molar-refractivity contribution in [1.82, 2.24) is 14.9 Å². The van der Waals surface area contributed by atoms with Gasteiger partial charge >= 0.3 is 0 Å². The summed E-state index contributed by atoms with van der Waals surface area (Å²) in [5.41, 5.74) is 2.66. The van der Waals surface area contributed by atoms with Crippen LogP contribution in [0.3, 0.4) is 0 Å². The fraction of sp³-hybridized carbons (Fsp3) is 0.393. The average Bonchev–Trinajstić information content (AvgIpc) is 2.92. The SMILES string of the molecule is COCCN1C[C@H](C(=O)c2cncc(OC)c2)C(c2cccc(F)c2C)[C@H](c2ccc(OC)cn2)C1. The number of likely N-dealkylation sites (tertiary alicyclic amines) is 1. The normalized spacial score (nSPS) is 20.2. The highest BCUT2D eigenvalue weighted by atomic mass is 19.1. The zero-order valence-corrected chi connectivity index (χ0v) is 21.1. The van der Waals surface area contributed by atoms with Crippen LogP contribution in [0.4, 0.5) is 4.39 Å². The summed E-state index contributed by atoms with van der Waals surface area (Å²) in [4.78, 5) is 25.2. The van der Waals surface area contributed by atoms with Crippen molar-refractivity contribution in [3.8, 4) is 11.5 Å². The molecule has 1 saturated heterocycles. The second kappa shape index (κ2) is 11.6. The molecule has 7 nitrogen and oxygen atoms in total. The Kier molecular flexibility index (Phi) is 8.28. The van der Waals surface area contributed by atoms with Gasteiger partial charge in [0, 0.05) is 62.0 Å². The Bertz CT molecular complexity index is 1190. The van der Waals surface area contributed by atoms with E-state index in [9.17, 15) is 9.18 Å². The fourth-order valence-electron chi connectivity index (χ4n) is 5.09. The van der Waals surface area contributed by atoms with Crippen molar-refractivity contribution in [2.24, 2.45) is 5.92 Å². The predicted molar refractivity (Wildman–Crippen MR) is 134 cm³/mol. The molecule has 3 atom stereocenters. The largest absolute Gasteiger partial charge is 0.495 e. The van der Waals surface area contributed by atoms with Gasteiger partial charge in [0.25, 0.3) is 0 Å². The zero-order valence-electron chi connectivity index (χ0n) is 21.1. The molecule has 4 rings (SSSR count). The number of hydrogen-bond donors (Lipinski definition) is 0. The highest BCUT2D eigenvalue weighted by molar-refractivity contribution is 5.99. The average molecular weight is 494 g/mol. The van der Waals surface area contributed by atoms with E-state index in [0.717, 1.165) is 11.3 Å². The summed E-state index contributed by atoms with van der Waals surface area (Å²) in [5, 5.41) is 0. The van der Waals surface area contributed by atoms with Crippen molar-refractivity contribution < 1.29 is 23.4 Å². The summed E-state index contributed by atoms with van der Waals surface area (Å²) in [7, 11) is 4.80. The minimum atomic E-state index is -0.459. The van der Waals surface area contributed by atoms with Gasteiger partial charge in [-0.1, -0.05) is 12.1 Å². The van der Waals surface area contributed by atoms with Crippen LogP contribution in [0.1, 0.15) is 39.0 Å². The van der Waals surface area contributed by atoms with Gasteiger partial charge in [-0.15, -0.1) is 0 Å². The highest BCUT2D eigenvalue weighted by Gasteiger charge is 2.43. The van der Waals surface area contributed by atoms with E-state index in [2.05, 4.69) is 14.9 Å². The Balaban J connectivity index is 1.84. The zero-order chi connectivity index (χ0) is 25.7. The number of piperidine rings is 1. The number of benzene rings is 1. The first-order valence-corrected chi connectivity index (χ1v) is 12.0. The van der Waals surface area contributed by atoms with Crippen LogP contribution in [0.2, 0.25) is 0 Å². The topological polar surface area (TPSA) is 73.8 Å². The first kappa shape index (κ1) is 25.7. The molecule has 36 heavy (non-hydrogen) atoms. The molecule has 8 heteroatoms. The van der Waals surface area contributed by atoms with Crippen molar-refractivity contribution >= 4 is 5.78 Å². The molecule has 0 amide bonds. The first-order chi connectivity index (χ1) is 17.5. The van der Waals surface area contributed by atoms with E-state index in [-0.39, 0.29) is 23.4 Å². The van der Waals surface area contributed by atoms with Crippen LogP contribution >= 0.6 is 0 Å². The van der Waals surface area contributed by atoms with Crippen molar-refractivity contribution in [1.29, 1.82) is 0 Å². The molecule has 2 aromatic heterocycles. The van der Waals surface area contributed by atoms with Crippen LogP contribution in [-0.2, 0) is 4.74 Å². The molecule has 0 aliphatic carbocycles. The molecule has 1 aliphatic rings. The third-order valence-corrected chi connectivity index (χ3v) is 7.00. The van der Waals surface area contributed by atoms with Gasteiger partial charge in [0.1, 0.15) is 17.3 Å². The van der Waals surface area contributed by atoms with E-state index in [4.69, 9.17) is 14.2 Å². The molecular weight excluding hydrogens is 461 g/mol. The van der Waals surface area contributed by atoms with Gasteiger partial charge in [0.15, 0.2) is 5.78 Å². The van der Waals surface area contributed by atoms with Gasteiger partial charge in [-0.2, -0.15) is 0 Å². The molecule has 3 heterocycles. The molecule has 1 aromatic carbocycles. The molecule has 1 fully saturated rings. The molecule has 3 aromatic rings. The van der Waals surface area contributed by atoms with Gasteiger partial charge in [-0.3, -0.25) is 19.7 Å². The number of nitrogens with zero attached hydrogens (tertiary/aromatic N) is 3. The number of pyridine rings is 2. The smallest absolute Gasteiger partial charge is 0.169 e. The van der Waals surface area contributed by atoms with Crippen LogP contribution < -0.4 is 9.47 Å². The number of ketones is 1. The minimum Gasteiger partial charge on any atom is -0.495 e. The maximum absolute atomic E-state index is 14.8. The molecule has 1 aliphatic heterocycles. The summed E-state index contributed by atoms with van der Waals surface area (Å²) in [6, 6.07) is 10.6. The molecule has 0 N–H and O–H groups in total. The second-order valence-electron chi connectivity index (χ2n) is 9.05. The Labute approximate surface area is 211 Å². The Morgan fingerprint density at radius 1 is 1.06 bits per heavy atom. The summed E-state index contributed by atoms with van der Waals surface area (Å²) in [6.45, 7) is 4.14. The van der Waals surface area contributed by atoms with E-state index in [1.54, 1.807) is 59.0 Å². The summed E-state index contributed by atoms with van der Waals surface area (Å²) in [6.07, 6.45) is 4.82. The summed E-state index contributed by atoms with van der Waals surface area (Å²) >= 11 is 0. The van der Waals surface area contributed by atoms with E-state index in [0.29, 0.717) is 48.9 Å². The van der Waals surface area contributed by atoms with Gasteiger partial charge in [-0.05, 0) is 42.3 Å². The van der Waals surface area contributed by atoms with Crippen molar-refractivity contribution in [3.05, 3.63) is 83.2 Å². The number of halogens is 1. The maximum Gasteiger partial charge on any atom is 0.169 e. The van der Waals surface area contributed by atoms with Crippen molar-refractivity contribution in [3.63, 3.8) is 0 Å². The van der Waals surface area contributed by atoms with E-state index < -0.39 is 5.92 Å². The van der Waals surface area contributed by atoms with Crippen molar-refractivity contribution in [2.45, 2.75) is 18.8 Å². The maximum atomic E-state index is 14.8. The minimum absolute atomic E-state index is 0.0595. The number of hydrogen-bond acceptors (Lipinski definition) is 7. The van der Waals surface area contributed by atoms with E-state index >= 15 is 0 Å². The molecule has 190 valence electrons. The molecule has 0 spiro atoms.